The molecule has 0 aromatic heterocycles. The zero-order valence-electron chi connectivity index (χ0n) is 7.58. The molecule has 2 N–H and O–H groups in total. The van der Waals surface area contributed by atoms with Crippen molar-refractivity contribution >= 4 is 51.5 Å². The molecule has 1 saturated heterocycles. The van der Waals surface area contributed by atoms with Crippen LogP contribution in [0.4, 0.5) is 0 Å². The van der Waals surface area contributed by atoms with Crippen LogP contribution in [0.2, 0.25) is 0 Å². The summed E-state index contributed by atoms with van der Waals surface area (Å²) in [6, 6.07) is 7.86. The third-order valence-electron chi connectivity index (χ3n) is 1.81. The van der Waals surface area contributed by atoms with Gasteiger partial charge in [-0.05, 0) is 58.1 Å². The highest BCUT2D eigenvalue weighted by Crippen LogP contribution is 2.25. The second kappa shape index (κ2) is 4.36. The molecule has 0 radical (unpaired) electrons. The lowest BCUT2D eigenvalue weighted by Crippen LogP contribution is -2.18. The first-order chi connectivity index (χ1) is 7.15. The van der Waals surface area contributed by atoms with Crippen molar-refractivity contribution in [2.24, 2.45) is 0 Å². The van der Waals surface area contributed by atoms with Crippen molar-refractivity contribution in [2.75, 3.05) is 0 Å². The van der Waals surface area contributed by atoms with Crippen molar-refractivity contribution in [1.82, 2.24) is 5.32 Å². The quantitative estimate of drug-likeness (QED) is 0.614. The molecule has 1 aromatic carbocycles. The van der Waals surface area contributed by atoms with E-state index in [-0.39, 0.29) is 11.1 Å². The van der Waals surface area contributed by atoms with Gasteiger partial charge in [0.05, 0.1) is 4.91 Å². The lowest BCUT2D eigenvalue weighted by molar-refractivity contribution is -0.115. The fraction of sp³-hybridized carbons (Fsp3) is 0. The molecule has 5 heteroatoms. The highest BCUT2D eigenvalue weighted by Gasteiger charge is 2.21. The Balaban J connectivity index is 2.31. The van der Waals surface area contributed by atoms with Gasteiger partial charge in [0.2, 0.25) is 0 Å². The van der Waals surface area contributed by atoms with Crippen LogP contribution in [0.25, 0.3) is 6.08 Å². The van der Waals surface area contributed by atoms with E-state index in [1.54, 1.807) is 6.08 Å². The Morgan fingerprint density at radius 1 is 1.47 bits per heavy atom. The van der Waals surface area contributed by atoms with Crippen molar-refractivity contribution in [3.8, 4) is 0 Å². The molecule has 1 aliphatic heterocycles. The Hall–Kier alpha value is -0.820. The first kappa shape index (κ1) is 10.7. The van der Waals surface area contributed by atoms with Crippen LogP contribution in [-0.4, -0.2) is 11.1 Å². The minimum absolute atomic E-state index is 0.191. The maximum absolute atomic E-state index is 11.3. The number of halogens is 1. The number of hydrogen-bond donors (Lipinski definition) is 2. The van der Waals surface area contributed by atoms with E-state index in [4.69, 9.17) is 5.41 Å². The fourth-order valence-corrected chi connectivity index (χ4v) is 2.46. The van der Waals surface area contributed by atoms with Gasteiger partial charge >= 0.3 is 0 Å². The Kier molecular flexibility index (Phi) is 3.11. The van der Waals surface area contributed by atoms with Crippen molar-refractivity contribution in [3.63, 3.8) is 0 Å². The minimum Gasteiger partial charge on any atom is -0.301 e. The van der Waals surface area contributed by atoms with Crippen molar-refractivity contribution < 1.29 is 4.79 Å². The normalized spacial score (nSPS) is 18.3. The van der Waals surface area contributed by atoms with Crippen LogP contribution in [0, 0.1) is 8.98 Å². The summed E-state index contributed by atoms with van der Waals surface area (Å²) in [4.78, 5) is 11.9. The number of hydrogen-bond acceptors (Lipinski definition) is 3. The van der Waals surface area contributed by atoms with Gasteiger partial charge in [-0.2, -0.15) is 0 Å². The van der Waals surface area contributed by atoms with Crippen molar-refractivity contribution in [2.45, 2.75) is 0 Å². The standard InChI is InChI=1S/C10H7IN2OS/c11-7-3-1-2-6(4-7)5-8-9(14)13-10(12)15-8/h1-5H,(H2,12,13,14)/b8-5+. The predicted molar refractivity (Wildman–Crippen MR) is 70.6 cm³/mol. The number of amidine groups is 1. The molecular formula is C10H7IN2OS. The topological polar surface area (TPSA) is 53.0 Å². The van der Waals surface area contributed by atoms with E-state index in [9.17, 15) is 4.79 Å². The Morgan fingerprint density at radius 3 is 2.87 bits per heavy atom. The molecule has 0 unspecified atom stereocenters. The van der Waals surface area contributed by atoms with E-state index in [1.807, 2.05) is 24.3 Å². The molecule has 0 saturated carbocycles. The molecule has 1 fully saturated rings. The van der Waals surface area contributed by atoms with E-state index in [0.29, 0.717) is 4.91 Å². The Labute approximate surface area is 105 Å². The van der Waals surface area contributed by atoms with E-state index < -0.39 is 0 Å². The van der Waals surface area contributed by atoms with Gasteiger partial charge in [0.1, 0.15) is 0 Å². The summed E-state index contributed by atoms with van der Waals surface area (Å²) < 4.78 is 1.13. The van der Waals surface area contributed by atoms with Gasteiger partial charge in [-0.25, -0.2) is 0 Å². The molecule has 1 aliphatic rings. The summed E-state index contributed by atoms with van der Waals surface area (Å²) in [5.41, 5.74) is 0.981. The summed E-state index contributed by atoms with van der Waals surface area (Å²) in [5.74, 6) is -0.191. The zero-order chi connectivity index (χ0) is 10.8. The van der Waals surface area contributed by atoms with Gasteiger partial charge in [0, 0.05) is 3.57 Å². The second-order valence-corrected chi connectivity index (χ2v) is 5.25. The summed E-state index contributed by atoms with van der Waals surface area (Å²) in [7, 11) is 0. The van der Waals surface area contributed by atoms with E-state index in [2.05, 4.69) is 27.9 Å². The Morgan fingerprint density at radius 2 is 2.27 bits per heavy atom. The van der Waals surface area contributed by atoms with Gasteiger partial charge in [-0.3, -0.25) is 10.2 Å². The number of carbonyl (C=O) groups excluding carboxylic acids is 1. The van der Waals surface area contributed by atoms with Gasteiger partial charge in [-0.1, -0.05) is 12.1 Å². The van der Waals surface area contributed by atoms with Crippen LogP contribution >= 0.6 is 34.4 Å². The van der Waals surface area contributed by atoms with Crippen LogP contribution in [0.15, 0.2) is 29.2 Å². The lowest BCUT2D eigenvalue weighted by Gasteiger charge is -1.95. The lowest BCUT2D eigenvalue weighted by atomic mass is 10.2. The van der Waals surface area contributed by atoms with Gasteiger partial charge < -0.3 is 5.32 Å². The number of carbonyl (C=O) groups is 1. The van der Waals surface area contributed by atoms with Crippen molar-refractivity contribution in [1.29, 1.82) is 5.41 Å². The molecule has 0 spiro atoms. The fourth-order valence-electron chi connectivity index (χ4n) is 1.19. The molecule has 1 aromatic rings. The SMILES string of the molecule is N=C1NC(=O)/C(=C\c2cccc(I)c2)S1. The number of amides is 1. The average Bonchev–Trinajstić information content (AvgIpc) is 2.45. The van der Waals surface area contributed by atoms with Crippen LogP contribution in [-0.2, 0) is 4.79 Å². The van der Waals surface area contributed by atoms with E-state index >= 15 is 0 Å². The molecule has 2 rings (SSSR count). The monoisotopic (exact) mass is 330 g/mol. The Bertz CT molecular complexity index is 470. The maximum Gasteiger partial charge on any atom is 0.264 e. The first-order valence-corrected chi connectivity index (χ1v) is 6.10. The first-order valence-electron chi connectivity index (χ1n) is 4.20. The summed E-state index contributed by atoms with van der Waals surface area (Å²) in [6.07, 6.45) is 1.80. The molecule has 15 heavy (non-hydrogen) atoms. The number of benzene rings is 1. The molecule has 1 heterocycles. The molecular weight excluding hydrogens is 323 g/mol. The zero-order valence-corrected chi connectivity index (χ0v) is 10.6. The highest BCUT2D eigenvalue weighted by atomic mass is 127. The van der Waals surface area contributed by atoms with Crippen LogP contribution in [0.3, 0.4) is 0 Å². The van der Waals surface area contributed by atoms with Crippen LogP contribution in [0.1, 0.15) is 5.56 Å². The molecule has 3 nitrogen and oxygen atoms in total. The largest absolute Gasteiger partial charge is 0.301 e. The summed E-state index contributed by atoms with van der Waals surface area (Å²) in [6.45, 7) is 0. The minimum atomic E-state index is -0.191. The smallest absolute Gasteiger partial charge is 0.264 e. The number of thioether (sulfide) groups is 1. The predicted octanol–water partition coefficient (Wildman–Crippen LogP) is 2.43. The number of nitrogens with one attached hydrogen (secondary N) is 2. The molecule has 76 valence electrons. The summed E-state index contributed by atoms with van der Waals surface area (Å²) >= 11 is 3.38. The molecule has 0 bridgehead atoms. The third kappa shape index (κ3) is 2.60. The van der Waals surface area contributed by atoms with Gasteiger partial charge in [-0.15, -0.1) is 0 Å². The third-order valence-corrected chi connectivity index (χ3v) is 3.31. The van der Waals surface area contributed by atoms with Gasteiger partial charge in [0.25, 0.3) is 5.91 Å². The average molecular weight is 330 g/mol. The van der Waals surface area contributed by atoms with E-state index in [0.717, 1.165) is 20.9 Å². The van der Waals surface area contributed by atoms with Crippen LogP contribution < -0.4 is 5.32 Å². The number of rotatable bonds is 1. The molecule has 0 aliphatic carbocycles. The second-order valence-electron chi connectivity index (χ2n) is 2.95. The van der Waals surface area contributed by atoms with E-state index in [1.165, 1.54) is 0 Å². The summed E-state index contributed by atoms with van der Waals surface area (Å²) in [5, 5.41) is 9.94. The molecule has 1 amide bonds. The molecule has 0 atom stereocenters. The van der Waals surface area contributed by atoms with Gasteiger partial charge in [0.15, 0.2) is 5.17 Å². The van der Waals surface area contributed by atoms with Crippen molar-refractivity contribution in [3.05, 3.63) is 38.3 Å². The highest BCUT2D eigenvalue weighted by molar-refractivity contribution is 14.1. The van der Waals surface area contributed by atoms with Crippen LogP contribution in [0.5, 0.6) is 0 Å². The maximum atomic E-state index is 11.3.